The molecule has 0 unspecified atom stereocenters. The number of rotatable bonds is 4. The summed E-state index contributed by atoms with van der Waals surface area (Å²) in [5.41, 5.74) is -0.534. The number of nitrogens with one attached hydrogen (secondary N) is 1. The first-order chi connectivity index (χ1) is 8.59. The number of ether oxygens (including phenoxy) is 1. The Morgan fingerprint density at radius 2 is 2.00 bits per heavy atom. The fourth-order valence-electron chi connectivity index (χ4n) is 2.04. The minimum absolute atomic E-state index is 0.201. The molecule has 3 nitrogen and oxygen atoms in total. The maximum Gasteiger partial charge on any atom is 0.127 e. The van der Waals surface area contributed by atoms with Gasteiger partial charge in [0.15, 0.2) is 0 Å². The van der Waals surface area contributed by atoms with Gasteiger partial charge in [-0.2, -0.15) is 0 Å². The first kappa shape index (κ1) is 13.4. The lowest BCUT2D eigenvalue weighted by atomic mass is 9.94. The van der Waals surface area contributed by atoms with E-state index in [-0.39, 0.29) is 12.1 Å². The molecule has 0 amide bonds. The van der Waals surface area contributed by atoms with Crippen molar-refractivity contribution in [2.75, 3.05) is 19.8 Å². The smallest absolute Gasteiger partial charge is 0.127 e. The highest BCUT2D eigenvalue weighted by Gasteiger charge is 2.29. The predicted molar refractivity (Wildman–Crippen MR) is 63.1 cm³/mol. The molecule has 0 aromatic heterocycles. The Morgan fingerprint density at radius 3 is 2.72 bits per heavy atom. The molecule has 18 heavy (non-hydrogen) atoms. The van der Waals surface area contributed by atoms with Crippen LogP contribution in [0, 0.1) is 11.6 Å². The molecule has 0 radical (unpaired) electrons. The standard InChI is InChI=1S/C13H17F2NO2/c14-11-1-2-12(15)10(7-11)8-16-9-13(17)3-5-18-6-4-13/h1-2,7,16-17H,3-6,8-9H2. The van der Waals surface area contributed by atoms with Gasteiger partial charge in [0.1, 0.15) is 11.6 Å². The fraction of sp³-hybridized carbons (Fsp3) is 0.538. The highest BCUT2D eigenvalue weighted by Crippen LogP contribution is 2.19. The molecule has 2 N–H and O–H groups in total. The molecule has 0 atom stereocenters. The van der Waals surface area contributed by atoms with Gasteiger partial charge < -0.3 is 15.2 Å². The van der Waals surface area contributed by atoms with Gasteiger partial charge in [0, 0.05) is 44.7 Å². The first-order valence-corrected chi connectivity index (χ1v) is 6.04. The molecular formula is C13H17F2NO2. The average molecular weight is 257 g/mol. The molecular weight excluding hydrogens is 240 g/mol. The van der Waals surface area contributed by atoms with Crippen LogP contribution in [0.5, 0.6) is 0 Å². The number of aliphatic hydroxyl groups is 1. The van der Waals surface area contributed by atoms with E-state index in [1.54, 1.807) is 0 Å². The van der Waals surface area contributed by atoms with Crippen molar-refractivity contribution in [2.24, 2.45) is 0 Å². The van der Waals surface area contributed by atoms with E-state index in [1.807, 2.05) is 0 Å². The van der Waals surface area contributed by atoms with Crippen LogP contribution in [0.25, 0.3) is 0 Å². The van der Waals surface area contributed by atoms with Crippen LogP contribution in [0.4, 0.5) is 8.78 Å². The second-order valence-electron chi connectivity index (χ2n) is 4.68. The summed E-state index contributed by atoms with van der Waals surface area (Å²) in [5.74, 6) is -0.902. The molecule has 5 heteroatoms. The molecule has 1 aromatic carbocycles. The van der Waals surface area contributed by atoms with Crippen molar-refractivity contribution in [1.82, 2.24) is 5.32 Å². The van der Waals surface area contributed by atoms with Crippen LogP contribution in [0.15, 0.2) is 18.2 Å². The first-order valence-electron chi connectivity index (χ1n) is 6.04. The minimum atomic E-state index is -0.804. The quantitative estimate of drug-likeness (QED) is 0.860. The topological polar surface area (TPSA) is 41.5 Å². The van der Waals surface area contributed by atoms with Crippen LogP contribution < -0.4 is 5.32 Å². The van der Waals surface area contributed by atoms with E-state index in [4.69, 9.17) is 4.74 Å². The third-order valence-corrected chi connectivity index (χ3v) is 3.20. The van der Waals surface area contributed by atoms with Crippen molar-refractivity contribution in [1.29, 1.82) is 0 Å². The SMILES string of the molecule is OC1(CNCc2cc(F)ccc2F)CCOCC1. The van der Waals surface area contributed by atoms with E-state index in [1.165, 1.54) is 0 Å². The Morgan fingerprint density at radius 1 is 1.28 bits per heavy atom. The number of benzene rings is 1. The zero-order chi connectivity index (χ0) is 13.0. The van der Waals surface area contributed by atoms with Crippen molar-refractivity contribution in [2.45, 2.75) is 25.0 Å². The van der Waals surface area contributed by atoms with Crippen LogP contribution in [-0.4, -0.2) is 30.5 Å². The molecule has 0 bridgehead atoms. The predicted octanol–water partition coefficient (Wildman–Crippen LogP) is 1.60. The number of hydrogen-bond donors (Lipinski definition) is 2. The van der Waals surface area contributed by atoms with Crippen LogP contribution in [0.3, 0.4) is 0 Å². The number of hydrogen-bond acceptors (Lipinski definition) is 3. The molecule has 1 aliphatic heterocycles. The van der Waals surface area contributed by atoms with Gasteiger partial charge in [-0.3, -0.25) is 0 Å². The van der Waals surface area contributed by atoms with Crippen molar-refractivity contribution in [3.8, 4) is 0 Å². The molecule has 0 aliphatic carbocycles. The Kier molecular flexibility index (Phi) is 4.27. The summed E-state index contributed by atoms with van der Waals surface area (Å²) in [6, 6.07) is 3.36. The van der Waals surface area contributed by atoms with Gasteiger partial charge in [-0.05, 0) is 18.2 Å². The van der Waals surface area contributed by atoms with Gasteiger partial charge >= 0.3 is 0 Å². The Balaban J connectivity index is 1.86. The van der Waals surface area contributed by atoms with Crippen molar-refractivity contribution in [3.05, 3.63) is 35.4 Å². The van der Waals surface area contributed by atoms with Crippen molar-refractivity contribution >= 4 is 0 Å². The van der Waals surface area contributed by atoms with E-state index < -0.39 is 17.2 Å². The molecule has 1 aromatic rings. The molecule has 1 aliphatic rings. The van der Waals surface area contributed by atoms with Crippen molar-refractivity contribution < 1.29 is 18.6 Å². The highest BCUT2D eigenvalue weighted by atomic mass is 19.1. The molecule has 1 fully saturated rings. The van der Waals surface area contributed by atoms with Gasteiger partial charge in [-0.1, -0.05) is 0 Å². The zero-order valence-electron chi connectivity index (χ0n) is 10.1. The zero-order valence-corrected chi connectivity index (χ0v) is 10.1. The second-order valence-corrected chi connectivity index (χ2v) is 4.68. The normalized spacial score (nSPS) is 18.8. The summed E-state index contributed by atoms with van der Waals surface area (Å²) >= 11 is 0. The van der Waals surface area contributed by atoms with Gasteiger partial charge in [-0.15, -0.1) is 0 Å². The van der Waals surface area contributed by atoms with Gasteiger partial charge in [-0.25, -0.2) is 8.78 Å². The van der Waals surface area contributed by atoms with E-state index in [0.29, 0.717) is 32.6 Å². The average Bonchev–Trinajstić information content (AvgIpc) is 2.34. The largest absolute Gasteiger partial charge is 0.388 e. The summed E-state index contributed by atoms with van der Waals surface area (Å²) in [5, 5.41) is 13.1. The minimum Gasteiger partial charge on any atom is -0.388 e. The lowest BCUT2D eigenvalue weighted by Gasteiger charge is -2.32. The van der Waals surface area contributed by atoms with Gasteiger partial charge in [0.25, 0.3) is 0 Å². The monoisotopic (exact) mass is 257 g/mol. The van der Waals surface area contributed by atoms with E-state index in [9.17, 15) is 13.9 Å². The Bertz CT molecular complexity index is 406. The van der Waals surface area contributed by atoms with Gasteiger partial charge in [0.05, 0.1) is 5.60 Å². The van der Waals surface area contributed by atoms with E-state index in [2.05, 4.69) is 5.32 Å². The lowest BCUT2D eigenvalue weighted by Crippen LogP contribution is -2.44. The fourth-order valence-corrected chi connectivity index (χ4v) is 2.04. The molecule has 2 rings (SSSR count). The van der Waals surface area contributed by atoms with Crippen LogP contribution >= 0.6 is 0 Å². The summed E-state index contributed by atoms with van der Waals surface area (Å²) in [7, 11) is 0. The lowest BCUT2D eigenvalue weighted by molar-refractivity contribution is -0.0617. The molecule has 1 heterocycles. The highest BCUT2D eigenvalue weighted by molar-refractivity contribution is 5.18. The van der Waals surface area contributed by atoms with E-state index >= 15 is 0 Å². The molecule has 1 saturated heterocycles. The maximum absolute atomic E-state index is 13.3. The second kappa shape index (κ2) is 5.73. The third kappa shape index (κ3) is 3.48. The van der Waals surface area contributed by atoms with Crippen LogP contribution in [0.1, 0.15) is 18.4 Å². The van der Waals surface area contributed by atoms with Crippen LogP contribution in [-0.2, 0) is 11.3 Å². The maximum atomic E-state index is 13.3. The third-order valence-electron chi connectivity index (χ3n) is 3.20. The van der Waals surface area contributed by atoms with Gasteiger partial charge in [0.2, 0.25) is 0 Å². The summed E-state index contributed by atoms with van der Waals surface area (Å²) in [6.45, 7) is 1.62. The van der Waals surface area contributed by atoms with Crippen molar-refractivity contribution in [3.63, 3.8) is 0 Å². The Hall–Kier alpha value is -1.04. The molecule has 0 saturated carbocycles. The Labute approximate surface area is 105 Å². The summed E-state index contributed by atoms with van der Waals surface area (Å²) < 4.78 is 31.5. The summed E-state index contributed by atoms with van der Waals surface area (Å²) in [4.78, 5) is 0. The molecule has 100 valence electrons. The van der Waals surface area contributed by atoms with Crippen LogP contribution in [0.2, 0.25) is 0 Å². The summed E-state index contributed by atoms with van der Waals surface area (Å²) in [6.07, 6.45) is 1.12. The number of halogens is 2. The molecule has 0 spiro atoms. The van der Waals surface area contributed by atoms with E-state index in [0.717, 1.165) is 18.2 Å².